The van der Waals surface area contributed by atoms with Crippen LogP contribution in [-0.4, -0.2) is 0 Å². The molecule has 0 aliphatic rings. The van der Waals surface area contributed by atoms with E-state index >= 15 is 0 Å². The Bertz CT molecular complexity index is 621. The van der Waals surface area contributed by atoms with Crippen LogP contribution in [0.3, 0.4) is 0 Å². The van der Waals surface area contributed by atoms with Gasteiger partial charge in [0.25, 0.3) is 0 Å². The van der Waals surface area contributed by atoms with Crippen molar-refractivity contribution in [3.8, 4) is 11.1 Å². The average molecular weight is 286 g/mol. The Morgan fingerprint density at radius 2 is 1.74 bits per heavy atom. The predicted octanol–water partition coefficient (Wildman–Crippen LogP) is 4.92. The molecule has 2 aromatic rings. The molecule has 100 valence electrons. The van der Waals surface area contributed by atoms with E-state index in [1.165, 1.54) is 19.1 Å². The van der Waals surface area contributed by atoms with Crippen LogP contribution < -0.4 is 5.73 Å². The highest BCUT2D eigenvalue weighted by molar-refractivity contribution is 6.33. The zero-order chi connectivity index (χ0) is 14.2. The van der Waals surface area contributed by atoms with Crippen LogP contribution in [0.2, 0.25) is 5.02 Å². The van der Waals surface area contributed by atoms with Crippen molar-refractivity contribution in [3.05, 3.63) is 52.5 Å². The van der Waals surface area contributed by atoms with E-state index in [-0.39, 0.29) is 5.56 Å². The maximum atomic E-state index is 12.9. The van der Waals surface area contributed by atoms with Crippen LogP contribution in [0.4, 0.5) is 18.9 Å². The maximum Gasteiger partial charge on any atom is 0.416 e. The molecule has 0 spiro atoms. The summed E-state index contributed by atoms with van der Waals surface area (Å²) in [4.78, 5) is 0. The van der Waals surface area contributed by atoms with Crippen molar-refractivity contribution in [2.75, 3.05) is 5.73 Å². The summed E-state index contributed by atoms with van der Waals surface area (Å²) in [5.41, 5.74) is 6.51. The molecule has 2 rings (SSSR count). The fourth-order valence-electron chi connectivity index (χ4n) is 1.86. The lowest BCUT2D eigenvalue weighted by Gasteiger charge is -2.13. The van der Waals surface area contributed by atoms with Crippen molar-refractivity contribution in [2.45, 2.75) is 13.1 Å². The summed E-state index contributed by atoms with van der Waals surface area (Å²) >= 11 is 6.01. The number of halogens is 4. The highest BCUT2D eigenvalue weighted by Crippen LogP contribution is 2.36. The molecule has 19 heavy (non-hydrogen) atoms. The van der Waals surface area contributed by atoms with Gasteiger partial charge in [-0.3, -0.25) is 0 Å². The first-order valence-corrected chi connectivity index (χ1v) is 5.90. The van der Waals surface area contributed by atoms with Gasteiger partial charge in [0.15, 0.2) is 0 Å². The summed E-state index contributed by atoms with van der Waals surface area (Å²) in [6.07, 6.45) is -4.37. The zero-order valence-electron chi connectivity index (χ0n) is 10.1. The first kappa shape index (κ1) is 13.7. The number of hydrogen-bond donors (Lipinski definition) is 1. The number of nitrogens with two attached hydrogens (primary N) is 1. The molecule has 0 saturated heterocycles. The van der Waals surface area contributed by atoms with E-state index in [1.54, 1.807) is 18.2 Å². The SMILES string of the molecule is Cc1ccc(-c2ccc(N)cc2Cl)cc1C(F)(F)F. The Hall–Kier alpha value is -1.68. The average Bonchev–Trinajstić information content (AvgIpc) is 2.29. The fraction of sp³-hybridized carbons (Fsp3) is 0.143. The lowest BCUT2D eigenvalue weighted by Crippen LogP contribution is -2.07. The van der Waals surface area contributed by atoms with Gasteiger partial charge < -0.3 is 5.73 Å². The third kappa shape index (κ3) is 2.84. The lowest BCUT2D eigenvalue weighted by molar-refractivity contribution is -0.138. The Balaban J connectivity index is 2.58. The molecule has 0 atom stereocenters. The van der Waals surface area contributed by atoms with Gasteiger partial charge in [-0.25, -0.2) is 0 Å². The highest BCUT2D eigenvalue weighted by atomic mass is 35.5. The second-order valence-corrected chi connectivity index (χ2v) is 4.67. The minimum Gasteiger partial charge on any atom is -0.399 e. The van der Waals surface area contributed by atoms with Gasteiger partial charge in [-0.15, -0.1) is 0 Å². The number of hydrogen-bond acceptors (Lipinski definition) is 1. The molecule has 0 aliphatic carbocycles. The van der Waals surface area contributed by atoms with E-state index in [4.69, 9.17) is 17.3 Å². The maximum absolute atomic E-state index is 12.9. The van der Waals surface area contributed by atoms with Gasteiger partial charge in [0.2, 0.25) is 0 Å². The quantitative estimate of drug-likeness (QED) is 0.740. The molecular weight excluding hydrogens is 275 g/mol. The van der Waals surface area contributed by atoms with E-state index in [0.717, 1.165) is 6.07 Å². The molecular formula is C14H11ClF3N. The zero-order valence-corrected chi connectivity index (χ0v) is 10.8. The number of benzene rings is 2. The van der Waals surface area contributed by atoms with Crippen LogP contribution in [0, 0.1) is 6.92 Å². The van der Waals surface area contributed by atoms with Crippen LogP contribution >= 0.6 is 11.6 Å². The number of aryl methyl sites for hydroxylation is 1. The molecule has 0 fully saturated rings. The van der Waals surface area contributed by atoms with E-state index in [9.17, 15) is 13.2 Å². The first-order chi connectivity index (χ1) is 8.79. The smallest absolute Gasteiger partial charge is 0.399 e. The van der Waals surface area contributed by atoms with Crippen molar-refractivity contribution in [1.82, 2.24) is 0 Å². The van der Waals surface area contributed by atoms with E-state index in [2.05, 4.69) is 0 Å². The van der Waals surface area contributed by atoms with E-state index in [1.807, 2.05) is 0 Å². The molecule has 2 aromatic carbocycles. The summed E-state index contributed by atoms with van der Waals surface area (Å²) < 4.78 is 38.6. The van der Waals surface area contributed by atoms with Crippen LogP contribution in [0.15, 0.2) is 36.4 Å². The van der Waals surface area contributed by atoms with Gasteiger partial charge in [0, 0.05) is 11.3 Å². The van der Waals surface area contributed by atoms with Crippen molar-refractivity contribution in [3.63, 3.8) is 0 Å². The molecule has 0 aliphatic heterocycles. The third-order valence-electron chi connectivity index (χ3n) is 2.85. The molecule has 0 bridgehead atoms. The predicted molar refractivity (Wildman–Crippen MR) is 71.0 cm³/mol. The Morgan fingerprint density at radius 3 is 2.32 bits per heavy atom. The molecule has 0 radical (unpaired) electrons. The van der Waals surface area contributed by atoms with Crippen molar-refractivity contribution >= 4 is 17.3 Å². The molecule has 2 N–H and O–H groups in total. The van der Waals surface area contributed by atoms with E-state index < -0.39 is 11.7 Å². The van der Waals surface area contributed by atoms with Gasteiger partial charge in [-0.2, -0.15) is 13.2 Å². The minimum atomic E-state index is -4.37. The van der Waals surface area contributed by atoms with Crippen LogP contribution in [0.1, 0.15) is 11.1 Å². The summed E-state index contributed by atoms with van der Waals surface area (Å²) in [7, 11) is 0. The number of alkyl halides is 3. The fourth-order valence-corrected chi connectivity index (χ4v) is 2.16. The summed E-state index contributed by atoms with van der Waals surface area (Å²) in [5, 5.41) is 0.331. The Labute approximate surface area is 113 Å². The molecule has 0 unspecified atom stereocenters. The summed E-state index contributed by atoms with van der Waals surface area (Å²) in [6.45, 7) is 1.43. The van der Waals surface area contributed by atoms with Crippen molar-refractivity contribution in [1.29, 1.82) is 0 Å². The van der Waals surface area contributed by atoms with Gasteiger partial charge in [-0.05, 0) is 36.2 Å². The van der Waals surface area contributed by atoms with Crippen molar-refractivity contribution in [2.24, 2.45) is 0 Å². The summed E-state index contributed by atoms with van der Waals surface area (Å²) in [5.74, 6) is 0. The van der Waals surface area contributed by atoms with Crippen LogP contribution in [0.25, 0.3) is 11.1 Å². The molecule has 0 heterocycles. The largest absolute Gasteiger partial charge is 0.416 e. The minimum absolute atomic E-state index is 0.183. The second-order valence-electron chi connectivity index (χ2n) is 4.27. The van der Waals surface area contributed by atoms with Crippen LogP contribution in [-0.2, 0) is 6.18 Å². The van der Waals surface area contributed by atoms with E-state index in [0.29, 0.717) is 21.8 Å². The van der Waals surface area contributed by atoms with Crippen molar-refractivity contribution < 1.29 is 13.2 Å². The molecule has 1 nitrogen and oxygen atoms in total. The summed E-state index contributed by atoms with van der Waals surface area (Å²) in [6, 6.07) is 8.89. The second kappa shape index (κ2) is 4.78. The number of rotatable bonds is 1. The number of nitrogen functional groups attached to an aromatic ring is 1. The van der Waals surface area contributed by atoms with Gasteiger partial charge >= 0.3 is 6.18 Å². The molecule has 0 amide bonds. The monoisotopic (exact) mass is 285 g/mol. The van der Waals surface area contributed by atoms with Gasteiger partial charge in [0.1, 0.15) is 0 Å². The Kier molecular flexibility index (Phi) is 3.45. The van der Waals surface area contributed by atoms with Gasteiger partial charge in [0.05, 0.1) is 10.6 Å². The first-order valence-electron chi connectivity index (χ1n) is 5.52. The van der Waals surface area contributed by atoms with Crippen LogP contribution in [0.5, 0.6) is 0 Å². The normalized spacial score (nSPS) is 11.6. The molecule has 0 saturated carbocycles. The highest BCUT2D eigenvalue weighted by Gasteiger charge is 2.32. The lowest BCUT2D eigenvalue weighted by atomic mass is 9.99. The number of anilines is 1. The topological polar surface area (TPSA) is 26.0 Å². The van der Waals surface area contributed by atoms with Gasteiger partial charge in [-0.1, -0.05) is 29.8 Å². The standard InChI is InChI=1S/C14H11ClF3N/c1-8-2-3-9(6-12(8)14(16,17)18)11-5-4-10(19)7-13(11)15/h2-7H,19H2,1H3. The Morgan fingerprint density at radius 1 is 1.05 bits per heavy atom. The molecule has 0 aromatic heterocycles. The third-order valence-corrected chi connectivity index (χ3v) is 3.16. The molecule has 5 heteroatoms.